The van der Waals surface area contributed by atoms with Crippen molar-refractivity contribution in [3.8, 4) is 0 Å². The van der Waals surface area contributed by atoms with Crippen molar-refractivity contribution >= 4 is 11.8 Å². The predicted molar refractivity (Wildman–Crippen MR) is 95.0 cm³/mol. The van der Waals surface area contributed by atoms with E-state index in [1.807, 2.05) is 6.07 Å². The molecule has 2 atom stereocenters. The maximum Gasteiger partial charge on any atom is 0.409 e. The lowest BCUT2D eigenvalue weighted by molar-refractivity contribution is -0.385. The van der Waals surface area contributed by atoms with Crippen LogP contribution in [0.1, 0.15) is 31.4 Å². The van der Waals surface area contributed by atoms with Gasteiger partial charge >= 0.3 is 6.09 Å². The van der Waals surface area contributed by atoms with Crippen LogP contribution in [0.15, 0.2) is 24.3 Å². The summed E-state index contributed by atoms with van der Waals surface area (Å²) in [5.74, 6) is 0. The van der Waals surface area contributed by atoms with Crippen LogP contribution in [0.3, 0.4) is 0 Å². The van der Waals surface area contributed by atoms with Crippen LogP contribution in [0, 0.1) is 10.1 Å². The first-order chi connectivity index (χ1) is 12.6. The number of nitrogens with zero attached hydrogens (tertiary/aromatic N) is 3. The molecule has 0 radical (unpaired) electrons. The number of benzene rings is 1. The van der Waals surface area contributed by atoms with Gasteiger partial charge in [0.15, 0.2) is 0 Å². The number of unbranched alkanes of at least 4 members (excludes halogenated alkanes) is 1. The van der Waals surface area contributed by atoms with Gasteiger partial charge in [-0.25, -0.2) is 4.79 Å². The van der Waals surface area contributed by atoms with Crippen molar-refractivity contribution in [3.05, 3.63) is 39.9 Å². The number of carbonyl (C=O) groups is 1. The van der Waals surface area contributed by atoms with Gasteiger partial charge in [0.05, 0.1) is 30.3 Å². The van der Waals surface area contributed by atoms with E-state index >= 15 is 0 Å². The topological polar surface area (TPSA) is 85.2 Å². The van der Waals surface area contributed by atoms with Crippen molar-refractivity contribution in [2.24, 2.45) is 0 Å². The number of rotatable bonds is 5. The third-order valence-electron chi connectivity index (χ3n) is 4.93. The van der Waals surface area contributed by atoms with Crippen LogP contribution in [0.5, 0.6) is 0 Å². The monoisotopic (exact) mass is 363 g/mol. The molecule has 1 aromatic carbocycles. The SMILES string of the molecule is CCCCOC(=O)N1CCN2CC(c3cccc([N+](=O)[O-])c3)OCC2C1. The minimum absolute atomic E-state index is 0.0767. The van der Waals surface area contributed by atoms with E-state index in [2.05, 4.69) is 11.8 Å². The molecule has 2 saturated heterocycles. The highest BCUT2D eigenvalue weighted by molar-refractivity contribution is 5.67. The highest BCUT2D eigenvalue weighted by Gasteiger charge is 2.36. The number of morpholine rings is 1. The second kappa shape index (κ2) is 8.46. The lowest BCUT2D eigenvalue weighted by Gasteiger charge is -2.45. The Kier molecular flexibility index (Phi) is 6.05. The van der Waals surface area contributed by atoms with Crippen molar-refractivity contribution in [3.63, 3.8) is 0 Å². The molecule has 0 N–H and O–H groups in total. The molecule has 1 aromatic rings. The zero-order chi connectivity index (χ0) is 18.5. The van der Waals surface area contributed by atoms with Gasteiger partial charge in [-0.15, -0.1) is 0 Å². The summed E-state index contributed by atoms with van der Waals surface area (Å²) in [5.41, 5.74) is 0.895. The smallest absolute Gasteiger partial charge is 0.409 e. The third-order valence-corrected chi connectivity index (χ3v) is 4.93. The summed E-state index contributed by atoms with van der Waals surface area (Å²) in [7, 11) is 0. The molecule has 0 bridgehead atoms. The van der Waals surface area contributed by atoms with Gasteiger partial charge in [-0.05, 0) is 12.0 Å². The number of hydrogen-bond acceptors (Lipinski definition) is 6. The van der Waals surface area contributed by atoms with Gasteiger partial charge in [-0.3, -0.25) is 15.0 Å². The molecule has 2 fully saturated rings. The van der Waals surface area contributed by atoms with Crippen LogP contribution in [0.2, 0.25) is 0 Å². The summed E-state index contributed by atoms with van der Waals surface area (Å²) in [4.78, 5) is 26.7. The van der Waals surface area contributed by atoms with Gasteiger partial charge < -0.3 is 14.4 Å². The first-order valence-corrected chi connectivity index (χ1v) is 9.10. The van der Waals surface area contributed by atoms with Gasteiger partial charge in [0.2, 0.25) is 0 Å². The summed E-state index contributed by atoms with van der Waals surface area (Å²) >= 11 is 0. The molecule has 2 aliphatic rings. The highest BCUT2D eigenvalue weighted by Crippen LogP contribution is 2.28. The maximum absolute atomic E-state index is 12.1. The molecule has 26 heavy (non-hydrogen) atoms. The number of piperazine rings is 1. The summed E-state index contributed by atoms with van der Waals surface area (Å²) in [6, 6.07) is 6.74. The zero-order valence-electron chi connectivity index (χ0n) is 15.0. The molecule has 1 amide bonds. The van der Waals surface area contributed by atoms with E-state index < -0.39 is 4.92 Å². The van der Waals surface area contributed by atoms with Gasteiger partial charge in [0.25, 0.3) is 5.69 Å². The van der Waals surface area contributed by atoms with E-state index in [1.165, 1.54) is 6.07 Å². The van der Waals surface area contributed by atoms with Crippen LogP contribution in [0.25, 0.3) is 0 Å². The summed E-state index contributed by atoms with van der Waals surface area (Å²) in [6.07, 6.45) is 1.44. The number of amides is 1. The fourth-order valence-corrected chi connectivity index (χ4v) is 3.39. The summed E-state index contributed by atoms with van der Waals surface area (Å²) in [5, 5.41) is 11.0. The molecule has 142 valence electrons. The van der Waals surface area contributed by atoms with Gasteiger partial charge in [-0.2, -0.15) is 0 Å². The lowest BCUT2D eigenvalue weighted by Crippen LogP contribution is -2.59. The Morgan fingerprint density at radius 1 is 1.38 bits per heavy atom. The van der Waals surface area contributed by atoms with E-state index in [9.17, 15) is 14.9 Å². The number of fused-ring (bicyclic) bond motifs is 1. The van der Waals surface area contributed by atoms with Crippen molar-refractivity contribution < 1.29 is 19.2 Å². The van der Waals surface area contributed by atoms with Crippen LogP contribution in [0.4, 0.5) is 10.5 Å². The Morgan fingerprint density at radius 3 is 3.00 bits per heavy atom. The van der Waals surface area contributed by atoms with Crippen molar-refractivity contribution in [2.45, 2.75) is 31.9 Å². The number of nitro groups is 1. The van der Waals surface area contributed by atoms with Crippen molar-refractivity contribution in [2.75, 3.05) is 39.4 Å². The second-order valence-electron chi connectivity index (χ2n) is 6.74. The Hall–Kier alpha value is -2.19. The first kappa shape index (κ1) is 18.6. The number of non-ortho nitro benzene ring substituents is 1. The fraction of sp³-hybridized carbons (Fsp3) is 0.611. The lowest BCUT2D eigenvalue weighted by atomic mass is 10.0. The molecule has 0 aliphatic carbocycles. The normalized spacial score (nSPS) is 23.3. The van der Waals surface area contributed by atoms with Gasteiger partial charge in [-0.1, -0.05) is 25.5 Å². The molecule has 3 rings (SSSR count). The van der Waals surface area contributed by atoms with E-state index in [0.29, 0.717) is 32.8 Å². The standard InChI is InChI=1S/C18H25N3O5/c1-2-3-9-25-18(22)20-8-7-19-12-17(26-13-16(19)11-20)14-5-4-6-15(10-14)21(23)24/h4-6,10,16-17H,2-3,7-9,11-13H2,1H3. The molecule has 0 spiro atoms. The zero-order valence-corrected chi connectivity index (χ0v) is 15.0. The molecule has 0 aromatic heterocycles. The average molecular weight is 363 g/mol. The minimum Gasteiger partial charge on any atom is -0.449 e. The Balaban J connectivity index is 1.56. The maximum atomic E-state index is 12.1. The van der Waals surface area contributed by atoms with E-state index in [0.717, 1.165) is 24.9 Å². The Labute approximate surface area is 152 Å². The molecule has 2 aliphatic heterocycles. The summed E-state index contributed by atoms with van der Waals surface area (Å²) < 4.78 is 11.2. The van der Waals surface area contributed by atoms with Crippen LogP contribution in [-0.2, 0) is 9.47 Å². The van der Waals surface area contributed by atoms with E-state index in [4.69, 9.17) is 9.47 Å². The molecule has 8 nitrogen and oxygen atoms in total. The van der Waals surface area contributed by atoms with Crippen LogP contribution < -0.4 is 0 Å². The third kappa shape index (κ3) is 4.31. The quantitative estimate of drug-likeness (QED) is 0.454. The van der Waals surface area contributed by atoms with Crippen LogP contribution >= 0.6 is 0 Å². The first-order valence-electron chi connectivity index (χ1n) is 9.10. The predicted octanol–water partition coefficient (Wildman–Crippen LogP) is 2.59. The number of carbonyl (C=O) groups excluding carboxylic acids is 1. The van der Waals surface area contributed by atoms with Crippen molar-refractivity contribution in [1.82, 2.24) is 9.80 Å². The molecule has 2 unspecified atom stereocenters. The second-order valence-corrected chi connectivity index (χ2v) is 6.74. The molecule has 2 heterocycles. The largest absolute Gasteiger partial charge is 0.449 e. The fourth-order valence-electron chi connectivity index (χ4n) is 3.39. The van der Waals surface area contributed by atoms with E-state index in [1.54, 1.807) is 17.0 Å². The number of nitro benzene ring substituents is 1. The van der Waals surface area contributed by atoms with E-state index in [-0.39, 0.29) is 23.9 Å². The summed E-state index contributed by atoms with van der Waals surface area (Å²) in [6.45, 7) is 5.66. The number of ether oxygens (including phenoxy) is 2. The molecular formula is C18H25N3O5. The molecular weight excluding hydrogens is 338 g/mol. The highest BCUT2D eigenvalue weighted by atomic mass is 16.6. The Bertz CT molecular complexity index is 653. The average Bonchev–Trinajstić information content (AvgIpc) is 2.67. The Morgan fingerprint density at radius 2 is 2.23 bits per heavy atom. The molecule has 8 heteroatoms. The van der Waals surface area contributed by atoms with Gasteiger partial charge in [0.1, 0.15) is 0 Å². The van der Waals surface area contributed by atoms with Crippen LogP contribution in [-0.4, -0.2) is 66.3 Å². The minimum atomic E-state index is -0.391. The van der Waals surface area contributed by atoms with Gasteiger partial charge in [0, 0.05) is 38.3 Å². The number of hydrogen-bond donors (Lipinski definition) is 0. The van der Waals surface area contributed by atoms with Crippen molar-refractivity contribution in [1.29, 1.82) is 0 Å². The molecule has 0 saturated carbocycles.